The minimum absolute atomic E-state index is 0.00255. The Labute approximate surface area is 132 Å². The first-order chi connectivity index (χ1) is 10.5. The van der Waals surface area contributed by atoms with Crippen LogP contribution in [0, 0.1) is 13.8 Å². The van der Waals surface area contributed by atoms with Crippen LogP contribution in [0.1, 0.15) is 32.0 Å². The summed E-state index contributed by atoms with van der Waals surface area (Å²) in [5, 5.41) is 2.50. The summed E-state index contributed by atoms with van der Waals surface area (Å²) in [5.74, 6) is -0.253. The molecular formula is C15H15N3O3S. The number of thiocarbonyl (C=S) groups is 1. The van der Waals surface area contributed by atoms with Gasteiger partial charge in [-0.15, -0.1) is 0 Å². The van der Waals surface area contributed by atoms with E-state index < -0.39 is 5.91 Å². The van der Waals surface area contributed by atoms with Crippen LogP contribution in [-0.2, 0) is 0 Å². The van der Waals surface area contributed by atoms with Crippen LogP contribution in [0.2, 0.25) is 0 Å². The normalized spacial score (nSPS) is 9.91. The van der Waals surface area contributed by atoms with E-state index in [0.29, 0.717) is 16.9 Å². The molecule has 0 aliphatic carbocycles. The minimum atomic E-state index is -0.404. The summed E-state index contributed by atoms with van der Waals surface area (Å²) < 4.78 is 5.04. The molecule has 0 spiro atoms. The van der Waals surface area contributed by atoms with Crippen molar-refractivity contribution in [3.05, 3.63) is 59.0 Å². The van der Waals surface area contributed by atoms with E-state index in [1.165, 1.54) is 6.26 Å². The largest absolute Gasteiger partial charge is 0.469 e. The fourth-order valence-corrected chi connectivity index (χ4v) is 1.97. The number of carbonyl (C=O) groups excluding carboxylic acids is 2. The smallest absolute Gasteiger partial charge is 0.273 e. The van der Waals surface area contributed by atoms with Gasteiger partial charge in [0.25, 0.3) is 11.8 Å². The Morgan fingerprint density at radius 1 is 1.00 bits per heavy atom. The summed E-state index contributed by atoms with van der Waals surface area (Å²) >= 11 is 4.97. The fourth-order valence-electron chi connectivity index (χ4n) is 1.83. The lowest BCUT2D eigenvalue weighted by Gasteiger charge is -2.11. The monoisotopic (exact) mass is 317 g/mol. The highest BCUT2D eigenvalue weighted by molar-refractivity contribution is 7.80. The fraction of sp³-hybridized carbons (Fsp3) is 0.133. The highest BCUT2D eigenvalue weighted by Gasteiger charge is 2.13. The zero-order chi connectivity index (χ0) is 16.1. The lowest BCUT2D eigenvalue weighted by atomic mass is 10.1. The molecule has 0 aliphatic rings. The van der Waals surface area contributed by atoms with Crippen LogP contribution in [0.5, 0.6) is 0 Å². The predicted octanol–water partition coefficient (Wildman–Crippen LogP) is 1.85. The Morgan fingerprint density at radius 2 is 1.73 bits per heavy atom. The highest BCUT2D eigenvalue weighted by Crippen LogP contribution is 2.08. The van der Waals surface area contributed by atoms with Gasteiger partial charge in [0.15, 0.2) is 5.11 Å². The molecule has 22 heavy (non-hydrogen) atoms. The van der Waals surface area contributed by atoms with E-state index in [2.05, 4.69) is 16.2 Å². The maximum Gasteiger partial charge on any atom is 0.273 e. The van der Waals surface area contributed by atoms with Crippen LogP contribution < -0.4 is 16.2 Å². The molecule has 1 aromatic carbocycles. The average Bonchev–Trinajstić information content (AvgIpc) is 2.91. The molecule has 0 saturated carbocycles. The van der Waals surface area contributed by atoms with Crippen molar-refractivity contribution in [2.24, 2.45) is 0 Å². The Kier molecular flexibility index (Phi) is 4.90. The number of hydrogen-bond acceptors (Lipinski definition) is 4. The summed E-state index contributed by atoms with van der Waals surface area (Å²) in [6, 6.07) is 8.68. The molecule has 0 radical (unpaired) electrons. The lowest BCUT2D eigenvalue weighted by Crippen LogP contribution is -2.48. The number of hydrazine groups is 1. The number of hydrogen-bond donors (Lipinski definition) is 3. The van der Waals surface area contributed by atoms with Crippen molar-refractivity contribution >= 4 is 29.1 Å². The minimum Gasteiger partial charge on any atom is -0.469 e. The molecule has 0 aliphatic heterocycles. The van der Waals surface area contributed by atoms with E-state index in [-0.39, 0.29) is 11.0 Å². The first kappa shape index (κ1) is 15.7. The van der Waals surface area contributed by atoms with Crippen molar-refractivity contribution in [2.45, 2.75) is 13.8 Å². The zero-order valence-electron chi connectivity index (χ0n) is 12.1. The summed E-state index contributed by atoms with van der Waals surface area (Å²) in [5.41, 5.74) is 6.61. The molecule has 0 bridgehead atoms. The molecule has 6 nitrogen and oxygen atoms in total. The van der Waals surface area contributed by atoms with E-state index in [1.54, 1.807) is 25.1 Å². The van der Waals surface area contributed by atoms with Gasteiger partial charge in [-0.2, -0.15) is 0 Å². The molecule has 0 fully saturated rings. The lowest BCUT2D eigenvalue weighted by molar-refractivity contribution is 0.0933. The number of rotatable bonds is 2. The van der Waals surface area contributed by atoms with E-state index >= 15 is 0 Å². The molecule has 0 unspecified atom stereocenters. The number of furan rings is 1. The van der Waals surface area contributed by atoms with E-state index in [0.717, 1.165) is 5.56 Å². The predicted molar refractivity (Wildman–Crippen MR) is 85.3 cm³/mol. The summed E-state index contributed by atoms with van der Waals surface area (Å²) in [6.07, 6.45) is 1.42. The molecule has 7 heteroatoms. The van der Waals surface area contributed by atoms with E-state index in [1.807, 2.05) is 19.1 Å². The number of carbonyl (C=O) groups is 2. The number of benzene rings is 1. The first-order valence-electron chi connectivity index (χ1n) is 6.50. The molecule has 0 saturated heterocycles. The van der Waals surface area contributed by atoms with Crippen LogP contribution in [0.3, 0.4) is 0 Å². The second kappa shape index (κ2) is 6.86. The van der Waals surface area contributed by atoms with Crippen LogP contribution >= 0.6 is 12.2 Å². The van der Waals surface area contributed by atoms with Gasteiger partial charge >= 0.3 is 0 Å². The Balaban J connectivity index is 1.89. The second-order valence-electron chi connectivity index (χ2n) is 4.57. The van der Waals surface area contributed by atoms with Crippen LogP contribution in [-0.4, -0.2) is 16.9 Å². The van der Waals surface area contributed by atoms with Crippen molar-refractivity contribution < 1.29 is 14.0 Å². The van der Waals surface area contributed by atoms with E-state index in [4.69, 9.17) is 16.6 Å². The second-order valence-corrected chi connectivity index (χ2v) is 4.98. The molecule has 1 aromatic heterocycles. The summed E-state index contributed by atoms with van der Waals surface area (Å²) in [7, 11) is 0. The van der Waals surface area contributed by atoms with Gasteiger partial charge < -0.3 is 4.42 Å². The van der Waals surface area contributed by atoms with Gasteiger partial charge in [-0.1, -0.05) is 18.2 Å². The van der Waals surface area contributed by atoms with Crippen LogP contribution in [0.4, 0.5) is 0 Å². The van der Waals surface area contributed by atoms with Gasteiger partial charge in [0, 0.05) is 5.56 Å². The Hall–Kier alpha value is -2.67. The third-order valence-electron chi connectivity index (χ3n) is 3.01. The SMILES string of the molecule is Cc1ccccc1C(=O)NC(=S)NNC(=O)c1ccoc1C. The van der Waals surface area contributed by atoms with Crippen molar-refractivity contribution in [2.75, 3.05) is 0 Å². The molecule has 2 aromatic rings. The Bertz CT molecular complexity index is 724. The van der Waals surface area contributed by atoms with Gasteiger partial charge in [0.2, 0.25) is 0 Å². The summed E-state index contributed by atoms with van der Waals surface area (Å²) in [6.45, 7) is 3.50. The van der Waals surface area contributed by atoms with Gasteiger partial charge in [-0.3, -0.25) is 25.8 Å². The number of nitrogens with one attached hydrogen (secondary N) is 3. The molecule has 0 atom stereocenters. The van der Waals surface area contributed by atoms with E-state index in [9.17, 15) is 9.59 Å². The Morgan fingerprint density at radius 3 is 2.36 bits per heavy atom. The maximum atomic E-state index is 12.0. The van der Waals surface area contributed by atoms with Crippen molar-refractivity contribution in [3.63, 3.8) is 0 Å². The topological polar surface area (TPSA) is 83.4 Å². The number of amides is 2. The average molecular weight is 317 g/mol. The summed E-state index contributed by atoms with van der Waals surface area (Å²) in [4.78, 5) is 23.9. The van der Waals surface area contributed by atoms with Crippen molar-refractivity contribution in [1.82, 2.24) is 16.2 Å². The van der Waals surface area contributed by atoms with Crippen molar-refractivity contribution in [3.8, 4) is 0 Å². The van der Waals surface area contributed by atoms with Gasteiger partial charge in [0.05, 0.1) is 11.8 Å². The van der Waals surface area contributed by atoms with Gasteiger partial charge in [-0.05, 0) is 43.8 Å². The zero-order valence-corrected chi connectivity index (χ0v) is 12.9. The van der Waals surface area contributed by atoms with Crippen molar-refractivity contribution in [1.29, 1.82) is 0 Å². The number of aryl methyl sites for hydroxylation is 2. The maximum absolute atomic E-state index is 12.0. The molecule has 2 amide bonds. The molecule has 114 valence electrons. The molecule has 3 N–H and O–H groups in total. The molecule has 1 heterocycles. The molecule has 2 rings (SSSR count). The first-order valence-corrected chi connectivity index (χ1v) is 6.91. The highest BCUT2D eigenvalue weighted by atomic mass is 32.1. The van der Waals surface area contributed by atoms with Gasteiger partial charge in [-0.25, -0.2) is 0 Å². The molecular weight excluding hydrogens is 302 g/mol. The van der Waals surface area contributed by atoms with Crippen LogP contribution in [0.25, 0.3) is 0 Å². The third-order valence-corrected chi connectivity index (χ3v) is 3.21. The van der Waals surface area contributed by atoms with Gasteiger partial charge in [0.1, 0.15) is 5.76 Å². The quantitative estimate of drug-likeness (QED) is 0.581. The van der Waals surface area contributed by atoms with Crippen LogP contribution in [0.15, 0.2) is 41.0 Å². The third kappa shape index (κ3) is 3.70. The standard InChI is InChI=1S/C15H15N3O3S/c1-9-5-3-4-6-11(9)13(19)16-15(22)18-17-14(20)12-7-8-21-10(12)2/h3-8H,1-2H3,(H,17,20)(H2,16,18,19,22).